The molecule has 0 aliphatic carbocycles. The smallest absolute Gasteiger partial charge is 0.188 e. The molecule has 1 fully saturated rings. The summed E-state index contributed by atoms with van der Waals surface area (Å²) in [5, 5.41) is 0.524. The van der Waals surface area contributed by atoms with Crippen molar-refractivity contribution in [3.8, 4) is 0 Å². The molecule has 0 N–H and O–H groups in total. The van der Waals surface area contributed by atoms with Crippen LogP contribution in [0.5, 0.6) is 0 Å². The van der Waals surface area contributed by atoms with Gasteiger partial charge in [-0.25, -0.2) is 14.4 Å². The van der Waals surface area contributed by atoms with E-state index in [1.807, 2.05) is 24.3 Å². The van der Waals surface area contributed by atoms with Crippen molar-refractivity contribution in [3.63, 3.8) is 0 Å². The summed E-state index contributed by atoms with van der Waals surface area (Å²) in [7, 11) is 2.15. The number of hydrogen-bond acceptors (Lipinski definition) is 7. The van der Waals surface area contributed by atoms with Gasteiger partial charge in [-0.05, 0) is 49.7 Å². The monoisotopic (exact) mass is 552 g/mol. The fourth-order valence-corrected chi connectivity index (χ4v) is 6.43. The van der Waals surface area contributed by atoms with Crippen molar-refractivity contribution >= 4 is 65.2 Å². The Morgan fingerprint density at radius 2 is 1.94 bits per heavy atom. The van der Waals surface area contributed by atoms with E-state index in [1.165, 1.54) is 17.4 Å². The highest BCUT2D eigenvalue weighted by molar-refractivity contribution is 8.01. The van der Waals surface area contributed by atoms with E-state index in [0.29, 0.717) is 11.0 Å². The molecule has 2 aromatic carbocycles. The Kier molecular flexibility index (Phi) is 9.34. The zero-order valence-corrected chi connectivity index (χ0v) is 22.7. The predicted molar refractivity (Wildman–Crippen MR) is 146 cm³/mol. The standard InChI is InChI=1S/C25H25FN4OS2.2ClH/c1-16(31)24-28-22-23(27-20-8-3-4-9-21(20)32-25(22)33-24)30-13-12-29(2)19(15-30)11-10-17-6-5-7-18(26)14-17;;/h3-9,14,19H,10-13,15H2,1-2H3;2*1H/t19-;;/m0../s1. The number of thiazole rings is 1. The van der Waals surface area contributed by atoms with E-state index in [9.17, 15) is 9.18 Å². The van der Waals surface area contributed by atoms with Crippen molar-refractivity contribution in [1.82, 2.24) is 14.8 Å². The summed E-state index contributed by atoms with van der Waals surface area (Å²) in [5.41, 5.74) is 2.76. The number of halogens is 3. The van der Waals surface area contributed by atoms with Crippen LogP contribution in [0.4, 0.5) is 10.1 Å². The number of para-hydroxylation sites is 1. The third-order valence-corrected chi connectivity index (χ3v) is 8.53. The summed E-state index contributed by atoms with van der Waals surface area (Å²) in [5.74, 6) is 0.634. The second-order valence-corrected chi connectivity index (χ2v) is 10.8. The van der Waals surface area contributed by atoms with Gasteiger partial charge < -0.3 is 4.90 Å². The molecule has 0 amide bonds. The maximum atomic E-state index is 13.6. The lowest BCUT2D eigenvalue weighted by molar-refractivity contribution is 0.101. The first-order valence-electron chi connectivity index (χ1n) is 11.1. The highest BCUT2D eigenvalue weighted by atomic mass is 35.5. The number of aromatic nitrogens is 1. The molecule has 5 rings (SSSR count). The Labute approximate surface area is 225 Å². The van der Waals surface area contributed by atoms with Gasteiger partial charge in [0.15, 0.2) is 16.6 Å². The van der Waals surface area contributed by atoms with E-state index >= 15 is 0 Å². The molecule has 2 aliphatic rings. The molecule has 186 valence electrons. The molecular formula is C25H27Cl2FN4OS2. The number of fused-ring (bicyclic) bond motifs is 2. The van der Waals surface area contributed by atoms with Gasteiger partial charge in [0.1, 0.15) is 11.5 Å². The van der Waals surface area contributed by atoms with Crippen LogP contribution in [-0.2, 0) is 6.42 Å². The lowest BCUT2D eigenvalue weighted by atomic mass is 10.0. The van der Waals surface area contributed by atoms with E-state index in [4.69, 9.17) is 9.98 Å². The van der Waals surface area contributed by atoms with Gasteiger partial charge in [-0.1, -0.05) is 36.0 Å². The molecule has 0 radical (unpaired) electrons. The minimum absolute atomic E-state index is 0. The van der Waals surface area contributed by atoms with Gasteiger partial charge in [-0.2, -0.15) is 0 Å². The Bertz CT molecular complexity index is 1240. The van der Waals surface area contributed by atoms with E-state index in [2.05, 4.69) is 22.9 Å². The summed E-state index contributed by atoms with van der Waals surface area (Å²) in [6, 6.07) is 15.3. The SMILES string of the molecule is CC(=O)c1nc2c(s1)Sc1ccccc1N=C2N1CCN(C)[C@@H](CCc2cccc(F)c2)C1.Cl.Cl. The van der Waals surface area contributed by atoms with Crippen molar-refractivity contribution < 1.29 is 9.18 Å². The quantitative estimate of drug-likeness (QED) is 0.365. The normalized spacial score (nSPS) is 17.3. The van der Waals surface area contributed by atoms with Crippen LogP contribution in [0.25, 0.3) is 0 Å². The van der Waals surface area contributed by atoms with Crippen LogP contribution >= 0.6 is 47.9 Å². The highest BCUT2D eigenvalue weighted by Gasteiger charge is 2.31. The minimum atomic E-state index is -0.188. The number of piperazine rings is 1. The van der Waals surface area contributed by atoms with Crippen molar-refractivity contribution in [1.29, 1.82) is 0 Å². The van der Waals surface area contributed by atoms with E-state index in [1.54, 1.807) is 30.8 Å². The number of amidine groups is 1. The number of likely N-dealkylation sites (N-methyl/N-ethyl adjacent to an activating group) is 1. The molecule has 0 saturated carbocycles. The third kappa shape index (κ3) is 6.06. The molecule has 0 spiro atoms. The summed E-state index contributed by atoms with van der Waals surface area (Å²) in [6.45, 7) is 4.11. The van der Waals surface area contributed by atoms with Gasteiger partial charge in [-0.3, -0.25) is 9.69 Å². The summed E-state index contributed by atoms with van der Waals surface area (Å²) >= 11 is 3.08. The summed E-state index contributed by atoms with van der Waals surface area (Å²) in [6.07, 6.45) is 1.75. The number of rotatable bonds is 4. The fourth-order valence-electron chi connectivity index (χ4n) is 4.27. The Hall–Kier alpha value is -1.97. The molecule has 1 atom stereocenters. The Morgan fingerprint density at radius 3 is 2.71 bits per heavy atom. The number of aryl methyl sites for hydroxylation is 1. The Morgan fingerprint density at radius 1 is 1.14 bits per heavy atom. The molecule has 0 unspecified atom stereocenters. The van der Waals surface area contributed by atoms with Crippen LogP contribution in [0, 0.1) is 5.82 Å². The fraction of sp³-hybridized carbons (Fsp3) is 0.320. The molecule has 3 heterocycles. The number of carbonyl (C=O) groups excluding carboxylic acids is 1. The van der Waals surface area contributed by atoms with Gasteiger partial charge >= 0.3 is 0 Å². The van der Waals surface area contributed by atoms with Crippen LogP contribution in [-0.4, -0.2) is 59.1 Å². The van der Waals surface area contributed by atoms with Gasteiger partial charge in [0.2, 0.25) is 0 Å². The van der Waals surface area contributed by atoms with Crippen molar-refractivity contribution in [2.75, 3.05) is 26.7 Å². The first kappa shape index (κ1) is 27.6. The molecule has 2 aliphatic heterocycles. The lowest BCUT2D eigenvalue weighted by Gasteiger charge is -2.40. The largest absolute Gasteiger partial charge is 0.352 e. The first-order valence-corrected chi connectivity index (χ1v) is 12.7. The van der Waals surface area contributed by atoms with E-state index in [0.717, 1.165) is 64.4 Å². The molecule has 1 aromatic heterocycles. The van der Waals surface area contributed by atoms with Crippen LogP contribution in [0.15, 0.2) is 62.6 Å². The van der Waals surface area contributed by atoms with Crippen LogP contribution < -0.4 is 0 Å². The van der Waals surface area contributed by atoms with Crippen LogP contribution in [0.2, 0.25) is 0 Å². The van der Waals surface area contributed by atoms with Crippen molar-refractivity contribution in [2.24, 2.45) is 4.99 Å². The molecule has 10 heteroatoms. The highest BCUT2D eigenvalue weighted by Crippen LogP contribution is 2.43. The number of ketones is 1. The number of Topliss-reactive ketones (excluding diaryl/α,β-unsaturated/α-hetero) is 1. The number of hydrogen-bond donors (Lipinski definition) is 0. The number of benzene rings is 2. The zero-order chi connectivity index (χ0) is 22.9. The molecular weight excluding hydrogens is 526 g/mol. The number of nitrogens with zero attached hydrogens (tertiary/aromatic N) is 4. The zero-order valence-electron chi connectivity index (χ0n) is 19.4. The van der Waals surface area contributed by atoms with Gasteiger partial charge in [-0.15, -0.1) is 36.2 Å². The molecule has 35 heavy (non-hydrogen) atoms. The maximum absolute atomic E-state index is 13.6. The first-order chi connectivity index (χ1) is 16.0. The third-order valence-electron chi connectivity index (χ3n) is 6.14. The van der Waals surface area contributed by atoms with Gasteiger partial charge in [0.25, 0.3) is 0 Å². The van der Waals surface area contributed by atoms with E-state index < -0.39 is 0 Å². The van der Waals surface area contributed by atoms with Crippen LogP contribution in [0.1, 0.15) is 34.4 Å². The van der Waals surface area contributed by atoms with Gasteiger partial charge in [0, 0.05) is 37.5 Å². The van der Waals surface area contributed by atoms with Crippen molar-refractivity contribution in [2.45, 2.75) is 34.9 Å². The number of carbonyl (C=O) groups is 1. The molecule has 3 aromatic rings. The minimum Gasteiger partial charge on any atom is -0.352 e. The van der Waals surface area contributed by atoms with E-state index in [-0.39, 0.29) is 36.4 Å². The lowest BCUT2D eigenvalue weighted by Crippen LogP contribution is -2.53. The Balaban J connectivity index is 0.00000171. The van der Waals surface area contributed by atoms with Crippen molar-refractivity contribution in [3.05, 3.63) is 70.6 Å². The maximum Gasteiger partial charge on any atom is 0.188 e. The summed E-state index contributed by atoms with van der Waals surface area (Å²) < 4.78 is 14.6. The molecule has 5 nitrogen and oxygen atoms in total. The topological polar surface area (TPSA) is 48.8 Å². The predicted octanol–water partition coefficient (Wildman–Crippen LogP) is 6.12. The molecule has 1 saturated heterocycles. The average Bonchev–Trinajstić information content (AvgIpc) is 3.15. The summed E-state index contributed by atoms with van der Waals surface area (Å²) in [4.78, 5) is 27.6. The second-order valence-electron chi connectivity index (χ2n) is 8.47. The second kappa shape index (κ2) is 11.8. The van der Waals surface area contributed by atoms with Gasteiger partial charge in [0.05, 0.1) is 9.90 Å². The number of aliphatic imine (C=N–C) groups is 1. The van der Waals surface area contributed by atoms with Crippen LogP contribution in [0.3, 0.4) is 0 Å². The molecule has 0 bridgehead atoms. The average molecular weight is 554 g/mol.